The zero-order chi connectivity index (χ0) is 17.2. The van der Waals surface area contributed by atoms with Crippen molar-refractivity contribution in [1.82, 2.24) is 0 Å². The van der Waals surface area contributed by atoms with E-state index in [1.54, 1.807) is 0 Å². The van der Waals surface area contributed by atoms with Crippen LogP contribution in [-0.2, 0) is 19.1 Å². The molecule has 0 N–H and O–H groups in total. The first-order chi connectivity index (χ1) is 10.3. The van der Waals surface area contributed by atoms with E-state index in [9.17, 15) is 9.59 Å². The molecule has 4 heteroatoms. The van der Waals surface area contributed by atoms with Crippen LogP contribution in [0, 0.1) is 17.3 Å². The summed E-state index contributed by atoms with van der Waals surface area (Å²) in [5, 5.41) is 0. The summed E-state index contributed by atoms with van der Waals surface area (Å²) in [6.07, 6.45) is 3.79. The van der Waals surface area contributed by atoms with E-state index >= 15 is 0 Å². The lowest BCUT2D eigenvalue weighted by Crippen LogP contribution is -2.46. The fourth-order valence-electron chi connectivity index (χ4n) is 2.48. The van der Waals surface area contributed by atoms with Gasteiger partial charge in [-0.1, -0.05) is 54.4 Å². The Labute approximate surface area is 135 Å². The van der Waals surface area contributed by atoms with Gasteiger partial charge in [0.1, 0.15) is 0 Å². The molecule has 0 amide bonds. The average Bonchev–Trinajstić information content (AvgIpc) is 2.46. The van der Waals surface area contributed by atoms with Gasteiger partial charge in [0, 0.05) is 0 Å². The van der Waals surface area contributed by atoms with E-state index in [4.69, 9.17) is 9.47 Å². The highest BCUT2D eigenvalue weighted by atomic mass is 16.6. The molecule has 0 saturated heterocycles. The second kappa shape index (κ2) is 10.6. The van der Waals surface area contributed by atoms with Crippen molar-refractivity contribution in [2.45, 2.75) is 73.6 Å². The molecular formula is C18H34O4. The fourth-order valence-corrected chi connectivity index (χ4v) is 2.48. The molecule has 0 fully saturated rings. The number of carbonyl (C=O) groups is 2. The lowest BCUT2D eigenvalue weighted by Gasteiger charge is -2.33. The smallest absolute Gasteiger partial charge is 0.323 e. The molecule has 0 aliphatic rings. The second-order valence-corrected chi connectivity index (χ2v) is 6.68. The van der Waals surface area contributed by atoms with Crippen molar-refractivity contribution in [2.75, 3.05) is 13.2 Å². The lowest BCUT2D eigenvalue weighted by atomic mass is 9.73. The second-order valence-electron chi connectivity index (χ2n) is 6.68. The molecule has 130 valence electrons. The SMILES string of the molecule is CCCOC(=O)C(CCCC(C)C)(C(=O)OCCC)C(C)C. The van der Waals surface area contributed by atoms with E-state index in [2.05, 4.69) is 13.8 Å². The molecule has 0 bridgehead atoms. The summed E-state index contributed by atoms with van der Waals surface area (Å²) in [6, 6.07) is 0. The van der Waals surface area contributed by atoms with Gasteiger partial charge in [-0.15, -0.1) is 0 Å². The molecular weight excluding hydrogens is 280 g/mol. The van der Waals surface area contributed by atoms with Crippen molar-refractivity contribution in [3.63, 3.8) is 0 Å². The Morgan fingerprint density at radius 3 is 1.68 bits per heavy atom. The third-order valence-corrected chi connectivity index (χ3v) is 3.94. The number of hydrogen-bond acceptors (Lipinski definition) is 4. The lowest BCUT2D eigenvalue weighted by molar-refractivity contribution is -0.177. The van der Waals surface area contributed by atoms with Crippen LogP contribution in [0.1, 0.15) is 73.6 Å². The molecule has 0 aliphatic heterocycles. The molecule has 0 aliphatic carbocycles. The quantitative estimate of drug-likeness (QED) is 0.420. The minimum atomic E-state index is -1.17. The molecule has 0 aromatic carbocycles. The van der Waals surface area contributed by atoms with Crippen molar-refractivity contribution in [1.29, 1.82) is 0 Å². The molecule has 22 heavy (non-hydrogen) atoms. The maximum absolute atomic E-state index is 12.6. The number of esters is 2. The van der Waals surface area contributed by atoms with Crippen molar-refractivity contribution in [3.8, 4) is 0 Å². The highest BCUT2D eigenvalue weighted by Crippen LogP contribution is 2.37. The first kappa shape index (κ1) is 20.9. The van der Waals surface area contributed by atoms with Gasteiger partial charge < -0.3 is 9.47 Å². The highest BCUT2D eigenvalue weighted by molar-refractivity contribution is 6.00. The van der Waals surface area contributed by atoms with Gasteiger partial charge in [0.15, 0.2) is 5.41 Å². The predicted molar refractivity (Wildman–Crippen MR) is 88.5 cm³/mol. The van der Waals surface area contributed by atoms with E-state index in [0.717, 1.165) is 25.7 Å². The van der Waals surface area contributed by atoms with Crippen LogP contribution in [0.3, 0.4) is 0 Å². The maximum Gasteiger partial charge on any atom is 0.323 e. The first-order valence-corrected chi connectivity index (χ1v) is 8.67. The Kier molecular flexibility index (Phi) is 10.1. The average molecular weight is 314 g/mol. The standard InChI is InChI=1S/C18H34O4/c1-7-12-21-16(19)18(15(5)6,11-9-10-14(3)4)17(20)22-13-8-2/h14-15H,7-13H2,1-6H3. The van der Waals surface area contributed by atoms with Crippen LogP contribution in [0.5, 0.6) is 0 Å². The topological polar surface area (TPSA) is 52.6 Å². The molecule has 0 spiro atoms. The fraction of sp³-hybridized carbons (Fsp3) is 0.889. The minimum Gasteiger partial charge on any atom is -0.465 e. The van der Waals surface area contributed by atoms with Gasteiger partial charge >= 0.3 is 11.9 Å². The summed E-state index contributed by atoms with van der Waals surface area (Å²) in [4.78, 5) is 25.2. The summed E-state index contributed by atoms with van der Waals surface area (Å²) in [5.74, 6) is -0.444. The number of ether oxygens (including phenoxy) is 2. The summed E-state index contributed by atoms with van der Waals surface area (Å²) < 4.78 is 10.7. The summed E-state index contributed by atoms with van der Waals surface area (Å²) in [7, 11) is 0. The number of hydrogen-bond donors (Lipinski definition) is 0. The zero-order valence-corrected chi connectivity index (χ0v) is 15.2. The van der Waals surface area contributed by atoms with Gasteiger partial charge in [-0.2, -0.15) is 0 Å². The highest BCUT2D eigenvalue weighted by Gasteiger charge is 2.51. The molecule has 0 rings (SSSR count). The maximum atomic E-state index is 12.6. The van der Waals surface area contributed by atoms with Crippen molar-refractivity contribution in [2.24, 2.45) is 17.3 Å². The minimum absolute atomic E-state index is 0.145. The Bertz CT molecular complexity index is 314. The predicted octanol–water partition coefficient (Wildman–Crippen LogP) is 4.36. The number of rotatable bonds is 11. The van der Waals surface area contributed by atoms with Gasteiger partial charge in [-0.05, 0) is 31.1 Å². The molecule has 0 heterocycles. The number of carbonyl (C=O) groups excluding carboxylic acids is 2. The molecule has 0 aromatic rings. The van der Waals surface area contributed by atoms with Crippen LogP contribution < -0.4 is 0 Å². The van der Waals surface area contributed by atoms with Crippen LogP contribution in [0.2, 0.25) is 0 Å². The Morgan fingerprint density at radius 1 is 0.909 bits per heavy atom. The van der Waals surface area contributed by atoms with Crippen molar-refractivity contribution >= 4 is 11.9 Å². The molecule has 0 radical (unpaired) electrons. The van der Waals surface area contributed by atoms with E-state index in [1.807, 2.05) is 27.7 Å². The van der Waals surface area contributed by atoms with E-state index < -0.39 is 17.4 Å². The third-order valence-electron chi connectivity index (χ3n) is 3.94. The van der Waals surface area contributed by atoms with Gasteiger partial charge in [0.05, 0.1) is 13.2 Å². The molecule has 0 aromatic heterocycles. The Morgan fingerprint density at radius 2 is 1.36 bits per heavy atom. The Balaban J connectivity index is 5.25. The summed E-state index contributed by atoms with van der Waals surface area (Å²) >= 11 is 0. The monoisotopic (exact) mass is 314 g/mol. The summed E-state index contributed by atoms with van der Waals surface area (Å²) in [6.45, 7) is 12.7. The van der Waals surface area contributed by atoms with Gasteiger partial charge in [-0.3, -0.25) is 9.59 Å². The third kappa shape index (κ3) is 5.98. The first-order valence-electron chi connectivity index (χ1n) is 8.67. The van der Waals surface area contributed by atoms with E-state index in [1.165, 1.54) is 0 Å². The van der Waals surface area contributed by atoms with Crippen LogP contribution in [0.25, 0.3) is 0 Å². The molecule has 0 unspecified atom stereocenters. The van der Waals surface area contributed by atoms with Crippen LogP contribution in [-0.4, -0.2) is 25.2 Å². The largest absolute Gasteiger partial charge is 0.465 e. The normalized spacial score (nSPS) is 11.8. The van der Waals surface area contributed by atoms with E-state index in [-0.39, 0.29) is 5.92 Å². The van der Waals surface area contributed by atoms with Gasteiger partial charge in [0.25, 0.3) is 0 Å². The van der Waals surface area contributed by atoms with Gasteiger partial charge in [-0.25, -0.2) is 0 Å². The molecule has 0 atom stereocenters. The molecule has 0 saturated carbocycles. The van der Waals surface area contributed by atoms with Gasteiger partial charge in [0.2, 0.25) is 0 Å². The van der Waals surface area contributed by atoms with Crippen molar-refractivity contribution < 1.29 is 19.1 Å². The van der Waals surface area contributed by atoms with E-state index in [0.29, 0.717) is 25.6 Å². The van der Waals surface area contributed by atoms with Crippen LogP contribution >= 0.6 is 0 Å². The summed E-state index contributed by atoms with van der Waals surface area (Å²) in [5.41, 5.74) is -1.17. The van der Waals surface area contributed by atoms with Crippen LogP contribution in [0.15, 0.2) is 0 Å². The molecule has 4 nitrogen and oxygen atoms in total. The van der Waals surface area contributed by atoms with Crippen molar-refractivity contribution in [3.05, 3.63) is 0 Å². The van der Waals surface area contributed by atoms with Crippen LogP contribution in [0.4, 0.5) is 0 Å². The zero-order valence-electron chi connectivity index (χ0n) is 15.2. The Hall–Kier alpha value is -1.06.